The van der Waals surface area contributed by atoms with E-state index in [0.717, 1.165) is 5.56 Å². The zero-order chi connectivity index (χ0) is 10.1. The van der Waals surface area contributed by atoms with Crippen molar-refractivity contribution in [2.75, 3.05) is 5.73 Å². The maximum atomic E-state index is 5.86. The third kappa shape index (κ3) is 1.42. The molecule has 2 aromatic rings. The van der Waals surface area contributed by atoms with Crippen LogP contribution in [0.5, 0.6) is 0 Å². The Bertz CT molecular complexity index is 451. The summed E-state index contributed by atoms with van der Waals surface area (Å²) in [7, 11) is 0. The van der Waals surface area contributed by atoms with Gasteiger partial charge >= 0.3 is 0 Å². The molecule has 14 heavy (non-hydrogen) atoms. The molecule has 0 aliphatic carbocycles. The highest BCUT2D eigenvalue weighted by Crippen LogP contribution is 2.18. The first-order valence-corrected chi connectivity index (χ1v) is 4.36. The number of nitrogens with zero attached hydrogens (tertiary/aromatic N) is 4. The van der Waals surface area contributed by atoms with Gasteiger partial charge < -0.3 is 5.73 Å². The van der Waals surface area contributed by atoms with Crippen LogP contribution in [0.2, 0.25) is 5.15 Å². The molecule has 5 nitrogen and oxygen atoms in total. The van der Waals surface area contributed by atoms with Crippen LogP contribution in [0.1, 0.15) is 5.56 Å². The molecule has 0 radical (unpaired) electrons. The van der Waals surface area contributed by atoms with Crippen molar-refractivity contribution in [3.05, 3.63) is 29.2 Å². The summed E-state index contributed by atoms with van der Waals surface area (Å²) in [6, 6.07) is 1.80. The van der Waals surface area contributed by atoms with Crippen LogP contribution in [0.25, 0.3) is 5.82 Å². The minimum absolute atomic E-state index is 0.145. The number of hydrogen-bond donors (Lipinski definition) is 1. The van der Waals surface area contributed by atoms with Gasteiger partial charge in [0.1, 0.15) is 5.15 Å². The Labute approximate surface area is 85.5 Å². The second-order valence-corrected chi connectivity index (χ2v) is 3.13. The Kier molecular flexibility index (Phi) is 2.09. The van der Waals surface area contributed by atoms with Crippen molar-refractivity contribution in [1.29, 1.82) is 0 Å². The van der Waals surface area contributed by atoms with Gasteiger partial charge in [0.05, 0.1) is 0 Å². The van der Waals surface area contributed by atoms with Crippen molar-refractivity contribution >= 4 is 17.5 Å². The predicted molar refractivity (Wildman–Crippen MR) is 53.3 cm³/mol. The molecule has 0 spiro atoms. The number of hydrogen-bond acceptors (Lipinski definition) is 4. The lowest BCUT2D eigenvalue weighted by atomic mass is 10.3. The largest absolute Gasteiger partial charge is 0.368 e. The Morgan fingerprint density at radius 3 is 2.86 bits per heavy atom. The van der Waals surface area contributed by atoms with Crippen molar-refractivity contribution in [3.8, 4) is 5.82 Å². The quantitative estimate of drug-likeness (QED) is 0.717. The molecule has 0 unspecified atom stereocenters. The molecular weight excluding hydrogens is 202 g/mol. The first kappa shape index (κ1) is 8.96. The summed E-state index contributed by atoms with van der Waals surface area (Å²) < 4.78 is 1.60. The molecule has 0 fully saturated rings. The molecule has 0 aromatic carbocycles. The van der Waals surface area contributed by atoms with Gasteiger partial charge in [0, 0.05) is 18.0 Å². The standard InChI is InChI=1S/C8H8ClN5/c1-5-6(9)12-8(10)13-7(5)14-4-2-3-11-14/h2-4H,1H3,(H2,10,12,13). The fourth-order valence-corrected chi connectivity index (χ4v) is 1.28. The molecule has 0 amide bonds. The van der Waals surface area contributed by atoms with E-state index < -0.39 is 0 Å². The van der Waals surface area contributed by atoms with Crippen molar-refractivity contribution < 1.29 is 0 Å². The Hall–Kier alpha value is -1.62. The average molecular weight is 210 g/mol. The zero-order valence-corrected chi connectivity index (χ0v) is 8.23. The van der Waals surface area contributed by atoms with Crippen molar-refractivity contribution in [3.63, 3.8) is 0 Å². The van der Waals surface area contributed by atoms with Gasteiger partial charge in [-0.2, -0.15) is 10.1 Å². The van der Waals surface area contributed by atoms with Crippen LogP contribution < -0.4 is 5.73 Å². The lowest BCUT2D eigenvalue weighted by Gasteiger charge is -2.06. The van der Waals surface area contributed by atoms with Crippen LogP contribution in [0.15, 0.2) is 18.5 Å². The van der Waals surface area contributed by atoms with Crippen LogP contribution in [0.3, 0.4) is 0 Å². The lowest BCUT2D eigenvalue weighted by molar-refractivity contribution is 0.832. The summed E-state index contributed by atoms with van der Waals surface area (Å²) in [6.07, 6.45) is 3.43. The second-order valence-electron chi connectivity index (χ2n) is 2.77. The van der Waals surface area contributed by atoms with Crippen LogP contribution in [0, 0.1) is 6.92 Å². The van der Waals surface area contributed by atoms with E-state index >= 15 is 0 Å². The van der Waals surface area contributed by atoms with E-state index in [9.17, 15) is 0 Å². The topological polar surface area (TPSA) is 69.6 Å². The van der Waals surface area contributed by atoms with Gasteiger partial charge in [-0.05, 0) is 13.0 Å². The van der Waals surface area contributed by atoms with Gasteiger partial charge in [-0.1, -0.05) is 11.6 Å². The zero-order valence-electron chi connectivity index (χ0n) is 7.48. The molecule has 2 N–H and O–H groups in total. The number of aromatic nitrogens is 4. The highest BCUT2D eigenvalue weighted by Gasteiger charge is 2.09. The number of anilines is 1. The van der Waals surface area contributed by atoms with Crippen LogP contribution in [0.4, 0.5) is 5.95 Å². The van der Waals surface area contributed by atoms with E-state index in [4.69, 9.17) is 17.3 Å². The molecule has 0 aliphatic heterocycles. The van der Waals surface area contributed by atoms with E-state index in [1.807, 2.05) is 6.92 Å². The SMILES string of the molecule is Cc1c(Cl)nc(N)nc1-n1cccn1. The van der Waals surface area contributed by atoms with Gasteiger partial charge in [-0.3, -0.25) is 0 Å². The molecule has 0 atom stereocenters. The fourth-order valence-electron chi connectivity index (χ4n) is 1.11. The molecule has 2 rings (SSSR count). The maximum absolute atomic E-state index is 5.86. The summed E-state index contributed by atoms with van der Waals surface area (Å²) >= 11 is 5.86. The monoisotopic (exact) mass is 209 g/mol. The van der Waals surface area contributed by atoms with Gasteiger partial charge in [0.25, 0.3) is 0 Å². The molecule has 72 valence electrons. The Morgan fingerprint density at radius 2 is 2.21 bits per heavy atom. The second kappa shape index (κ2) is 3.26. The predicted octanol–water partition coefficient (Wildman–Crippen LogP) is 1.21. The van der Waals surface area contributed by atoms with Gasteiger partial charge in [-0.25, -0.2) is 9.67 Å². The molecule has 0 saturated heterocycles. The highest BCUT2D eigenvalue weighted by molar-refractivity contribution is 6.30. The fraction of sp³-hybridized carbons (Fsp3) is 0.125. The maximum Gasteiger partial charge on any atom is 0.223 e. The minimum Gasteiger partial charge on any atom is -0.368 e. The van der Waals surface area contributed by atoms with E-state index in [0.29, 0.717) is 11.0 Å². The summed E-state index contributed by atoms with van der Waals surface area (Å²) in [5, 5.41) is 4.39. The number of halogens is 1. The normalized spacial score (nSPS) is 10.4. The molecule has 6 heteroatoms. The molecule has 2 heterocycles. The summed E-state index contributed by atoms with van der Waals surface area (Å²) in [5.41, 5.74) is 6.24. The van der Waals surface area contributed by atoms with Crippen LogP contribution in [-0.4, -0.2) is 19.7 Å². The number of nitrogens with two attached hydrogens (primary N) is 1. The third-order valence-electron chi connectivity index (χ3n) is 1.80. The Balaban J connectivity index is 2.64. The minimum atomic E-state index is 0.145. The molecule has 2 aromatic heterocycles. The molecule has 0 aliphatic rings. The number of nitrogen functional groups attached to an aromatic ring is 1. The smallest absolute Gasteiger partial charge is 0.223 e. The Morgan fingerprint density at radius 1 is 1.43 bits per heavy atom. The summed E-state index contributed by atoms with van der Waals surface area (Å²) in [6.45, 7) is 1.82. The molecular formula is C8H8ClN5. The van der Waals surface area contributed by atoms with E-state index in [1.165, 1.54) is 0 Å². The van der Waals surface area contributed by atoms with Crippen molar-refractivity contribution in [2.45, 2.75) is 6.92 Å². The van der Waals surface area contributed by atoms with Crippen molar-refractivity contribution in [1.82, 2.24) is 19.7 Å². The third-order valence-corrected chi connectivity index (χ3v) is 2.17. The highest BCUT2D eigenvalue weighted by atomic mass is 35.5. The van der Waals surface area contributed by atoms with Crippen LogP contribution >= 0.6 is 11.6 Å². The summed E-state index contributed by atoms with van der Waals surface area (Å²) in [4.78, 5) is 7.89. The van der Waals surface area contributed by atoms with E-state index in [-0.39, 0.29) is 5.95 Å². The first-order chi connectivity index (χ1) is 6.68. The van der Waals surface area contributed by atoms with Gasteiger partial charge in [-0.15, -0.1) is 0 Å². The first-order valence-electron chi connectivity index (χ1n) is 3.98. The van der Waals surface area contributed by atoms with Gasteiger partial charge in [0.2, 0.25) is 5.95 Å². The van der Waals surface area contributed by atoms with E-state index in [1.54, 1.807) is 23.1 Å². The van der Waals surface area contributed by atoms with Crippen LogP contribution in [-0.2, 0) is 0 Å². The number of rotatable bonds is 1. The molecule has 0 bridgehead atoms. The van der Waals surface area contributed by atoms with Crippen molar-refractivity contribution in [2.24, 2.45) is 0 Å². The average Bonchev–Trinajstić information content (AvgIpc) is 2.63. The lowest BCUT2D eigenvalue weighted by Crippen LogP contribution is -2.06. The van der Waals surface area contributed by atoms with E-state index in [2.05, 4.69) is 15.1 Å². The van der Waals surface area contributed by atoms with Gasteiger partial charge in [0.15, 0.2) is 5.82 Å². The summed E-state index contributed by atoms with van der Waals surface area (Å²) in [5.74, 6) is 0.749. The molecule has 0 saturated carbocycles.